The normalized spacial score (nSPS) is 17.0. The second kappa shape index (κ2) is 11.8. The monoisotopic (exact) mass is 499 g/mol. The van der Waals surface area contributed by atoms with E-state index in [1.807, 2.05) is 13.8 Å². The number of aliphatic hydroxyl groups is 1. The highest BCUT2D eigenvalue weighted by molar-refractivity contribution is 6.46. The van der Waals surface area contributed by atoms with Gasteiger partial charge in [0.05, 0.1) is 39.0 Å². The van der Waals surface area contributed by atoms with E-state index in [4.69, 9.17) is 23.7 Å². The lowest BCUT2D eigenvalue weighted by Crippen LogP contribution is -2.31. The summed E-state index contributed by atoms with van der Waals surface area (Å²) in [6.07, 6.45) is 0.494. The molecule has 1 heterocycles. The van der Waals surface area contributed by atoms with Crippen LogP contribution >= 0.6 is 0 Å². The molecule has 0 spiro atoms. The Balaban J connectivity index is 2.17. The van der Waals surface area contributed by atoms with Gasteiger partial charge in [-0.05, 0) is 62.2 Å². The summed E-state index contributed by atoms with van der Waals surface area (Å²) >= 11 is 0. The van der Waals surface area contributed by atoms with Crippen molar-refractivity contribution in [3.63, 3.8) is 0 Å². The third-order valence-corrected chi connectivity index (χ3v) is 5.79. The second-order valence-electron chi connectivity index (χ2n) is 8.49. The number of carbonyl (C=O) groups excluding carboxylic acids is 2. The number of hydrogen-bond donors (Lipinski definition) is 1. The van der Waals surface area contributed by atoms with Crippen LogP contribution in [-0.4, -0.2) is 69.4 Å². The molecule has 9 nitrogen and oxygen atoms in total. The van der Waals surface area contributed by atoms with E-state index in [1.54, 1.807) is 43.5 Å². The van der Waals surface area contributed by atoms with Crippen LogP contribution in [0.1, 0.15) is 37.4 Å². The number of methoxy groups -OCH3 is 4. The van der Waals surface area contributed by atoms with Gasteiger partial charge in [-0.25, -0.2) is 0 Å². The first-order valence-electron chi connectivity index (χ1n) is 11.6. The van der Waals surface area contributed by atoms with Gasteiger partial charge in [-0.15, -0.1) is 0 Å². The molecule has 1 atom stereocenters. The van der Waals surface area contributed by atoms with Gasteiger partial charge in [0, 0.05) is 25.8 Å². The van der Waals surface area contributed by atoms with Crippen LogP contribution in [0.5, 0.6) is 23.0 Å². The standard InChI is InChI=1S/C27H33NO8/c1-16(2)36-19-10-8-17(9-11-19)24(29)22-23(28(12-7-13-32-3)27(31)25(22)30)18-14-20(33-4)26(35-6)21(15-18)34-5/h8-11,14-16,23,29H,7,12-13H2,1-6H3/t23-/m0/s1. The summed E-state index contributed by atoms with van der Waals surface area (Å²) in [6.45, 7) is 4.48. The van der Waals surface area contributed by atoms with Crippen LogP contribution in [0.2, 0.25) is 0 Å². The molecule has 0 unspecified atom stereocenters. The minimum Gasteiger partial charge on any atom is -0.507 e. The number of hydrogen-bond acceptors (Lipinski definition) is 8. The lowest BCUT2D eigenvalue weighted by molar-refractivity contribution is -0.140. The Morgan fingerprint density at radius 2 is 1.58 bits per heavy atom. The van der Waals surface area contributed by atoms with Gasteiger partial charge in [-0.2, -0.15) is 0 Å². The van der Waals surface area contributed by atoms with Crippen molar-refractivity contribution in [3.8, 4) is 23.0 Å². The Morgan fingerprint density at radius 3 is 2.08 bits per heavy atom. The number of nitrogens with zero attached hydrogens (tertiary/aromatic N) is 1. The van der Waals surface area contributed by atoms with Crippen LogP contribution in [0.3, 0.4) is 0 Å². The molecule has 1 N–H and O–H groups in total. The predicted octanol–water partition coefficient (Wildman–Crippen LogP) is 3.96. The summed E-state index contributed by atoms with van der Waals surface area (Å²) in [5.74, 6) is -0.0209. The summed E-state index contributed by atoms with van der Waals surface area (Å²) in [5.41, 5.74) is 0.894. The molecule has 0 aliphatic carbocycles. The molecule has 2 aromatic rings. The van der Waals surface area contributed by atoms with E-state index in [0.717, 1.165) is 0 Å². The minimum absolute atomic E-state index is 0.0121. The summed E-state index contributed by atoms with van der Waals surface area (Å²) in [5, 5.41) is 11.3. The number of benzene rings is 2. The predicted molar refractivity (Wildman–Crippen MR) is 134 cm³/mol. The van der Waals surface area contributed by atoms with Crippen molar-refractivity contribution in [3.05, 3.63) is 53.1 Å². The number of ketones is 1. The van der Waals surface area contributed by atoms with Crippen LogP contribution in [0.4, 0.5) is 0 Å². The van der Waals surface area contributed by atoms with Gasteiger partial charge in [0.1, 0.15) is 11.5 Å². The van der Waals surface area contributed by atoms with Gasteiger partial charge in [0.2, 0.25) is 5.75 Å². The molecule has 0 radical (unpaired) electrons. The highest BCUT2D eigenvalue weighted by Gasteiger charge is 2.46. The number of rotatable bonds is 11. The summed E-state index contributed by atoms with van der Waals surface area (Å²) in [7, 11) is 6.02. The molecule has 0 aromatic heterocycles. The SMILES string of the molecule is COCCCN1C(=O)C(=O)C(=C(O)c2ccc(OC(C)C)cc2)[C@@H]1c1cc(OC)c(OC)c(OC)c1. The van der Waals surface area contributed by atoms with Gasteiger partial charge in [0.15, 0.2) is 11.5 Å². The number of carbonyl (C=O) groups is 2. The van der Waals surface area contributed by atoms with E-state index in [-0.39, 0.29) is 24.0 Å². The molecule has 2 aromatic carbocycles. The lowest BCUT2D eigenvalue weighted by Gasteiger charge is -2.26. The topological polar surface area (TPSA) is 104 Å². The van der Waals surface area contributed by atoms with Crippen LogP contribution in [-0.2, 0) is 14.3 Å². The van der Waals surface area contributed by atoms with Crippen LogP contribution < -0.4 is 18.9 Å². The van der Waals surface area contributed by atoms with Crippen molar-refractivity contribution in [1.82, 2.24) is 4.90 Å². The number of likely N-dealkylation sites (tertiary alicyclic amines) is 1. The molecule has 194 valence electrons. The third-order valence-electron chi connectivity index (χ3n) is 5.79. The Morgan fingerprint density at radius 1 is 0.972 bits per heavy atom. The highest BCUT2D eigenvalue weighted by Crippen LogP contribution is 2.45. The zero-order valence-electron chi connectivity index (χ0n) is 21.5. The number of aliphatic hydroxyl groups excluding tert-OH is 1. The van der Waals surface area contributed by atoms with E-state index < -0.39 is 17.7 Å². The fourth-order valence-electron chi connectivity index (χ4n) is 4.21. The van der Waals surface area contributed by atoms with Gasteiger partial charge in [-0.3, -0.25) is 9.59 Å². The smallest absolute Gasteiger partial charge is 0.295 e. The van der Waals surface area contributed by atoms with E-state index >= 15 is 0 Å². The van der Waals surface area contributed by atoms with Crippen molar-refractivity contribution in [1.29, 1.82) is 0 Å². The average Bonchev–Trinajstić information content (AvgIpc) is 3.12. The van der Waals surface area contributed by atoms with Crippen molar-refractivity contribution in [2.45, 2.75) is 32.4 Å². The van der Waals surface area contributed by atoms with Crippen LogP contribution in [0.15, 0.2) is 42.0 Å². The average molecular weight is 500 g/mol. The Hall–Kier alpha value is -3.72. The summed E-state index contributed by atoms with van der Waals surface area (Å²) in [6, 6.07) is 9.19. The summed E-state index contributed by atoms with van der Waals surface area (Å²) in [4.78, 5) is 27.8. The first-order chi connectivity index (χ1) is 17.3. The van der Waals surface area contributed by atoms with Gasteiger partial charge < -0.3 is 33.7 Å². The number of amides is 1. The number of ether oxygens (including phenoxy) is 5. The molecule has 3 rings (SSSR count). The van der Waals surface area contributed by atoms with E-state index in [1.165, 1.54) is 26.2 Å². The van der Waals surface area contributed by atoms with Gasteiger partial charge >= 0.3 is 0 Å². The van der Waals surface area contributed by atoms with E-state index in [0.29, 0.717) is 47.2 Å². The van der Waals surface area contributed by atoms with Crippen molar-refractivity contribution >= 4 is 17.4 Å². The lowest BCUT2D eigenvalue weighted by atomic mass is 9.94. The minimum atomic E-state index is -0.873. The van der Waals surface area contributed by atoms with Gasteiger partial charge in [0.25, 0.3) is 11.7 Å². The molecule has 0 saturated carbocycles. The molecule has 1 aliphatic rings. The molecule has 9 heteroatoms. The fourth-order valence-corrected chi connectivity index (χ4v) is 4.21. The second-order valence-corrected chi connectivity index (χ2v) is 8.49. The maximum Gasteiger partial charge on any atom is 0.295 e. The van der Waals surface area contributed by atoms with E-state index in [2.05, 4.69) is 0 Å². The molecular formula is C27H33NO8. The molecule has 36 heavy (non-hydrogen) atoms. The molecule has 0 bridgehead atoms. The highest BCUT2D eigenvalue weighted by atomic mass is 16.5. The largest absolute Gasteiger partial charge is 0.507 e. The van der Waals surface area contributed by atoms with E-state index in [9.17, 15) is 14.7 Å². The Kier molecular flexibility index (Phi) is 8.82. The third kappa shape index (κ3) is 5.41. The van der Waals surface area contributed by atoms with Crippen LogP contribution in [0.25, 0.3) is 5.76 Å². The van der Waals surface area contributed by atoms with Crippen molar-refractivity contribution < 1.29 is 38.4 Å². The van der Waals surface area contributed by atoms with Crippen molar-refractivity contribution in [2.24, 2.45) is 0 Å². The molecule has 1 aliphatic heterocycles. The summed E-state index contributed by atoms with van der Waals surface area (Å²) < 4.78 is 27.2. The first kappa shape index (κ1) is 26.9. The molecule has 1 fully saturated rings. The van der Waals surface area contributed by atoms with Gasteiger partial charge in [-0.1, -0.05) is 0 Å². The zero-order chi connectivity index (χ0) is 26.4. The molecular weight excluding hydrogens is 466 g/mol. The van der Waals surface area contributed by atoms with Crippen LogP contribution in [0, 0.1) is 0 Å². The quantitative estimate of drug-likeness (QED) is 0.215. The maximum absolute atomic E-state index is 13.2. The first-order valence-corrected chi connectivity index (χ1v) is 11.6. The molecule has 1 amide bonds. The fraction of sp³-hybridized carbons (Fsp3) is 0.407. The molecule has 1 saturated heterocycles. The number of Topliss-reactive ketones (excluding diaryl/α,β-unsaturated/α-hetero) is 1. The zero-order valence-corrected chi connectivity index (χ0v) is 21.5. The Bertz CT molecular complexity index is 1100. The van der Waals surface area contributed by atoms with Crippen molar-refractivity contribution in [2.75, 3.05) is 41.6 Å². The maximum atomic E-state index is 13.2. The Labute approximate surface area is 211 Å².